The number of anilines is 1. The van der Waals surface area contributed by atoms with E-state index in [4.69, 9.17) is 9.68 Å². The van der Waals surface area contributed by atoms with E-state index in [9.17, 15) is 4.79 Å². The minimum Gasteiger partial charge on any atom is -0.465 e. The Kier molecular flexibility index (Phi) is 4.73. The molecule has 0 fully saturated rings. The van der Waals surface area contributed by atoms with E-state index >= 15 is 0 Å². The van der Waals surface area contributed by atoms with Crippen LogP contribution in [0.1, 0.15) is 12.7 Å². The SMILES string of the molecule is CC(/C=C(/C#N)C(=O)Nc1ccccc1)=C\c1ccco1. The summed E-state index contributed by atoms with van der Waals surface area (Å²) >= 11 is 0. The first kappa shape index (κ1) is 14.4. The largest absolute Gasteiger partial charge is 0.465 e. The summed E-state index contributed by atoms with van der Waals surface area (Å²) in [5.41, 5.74) is 1.44. The van der Waals surface area contributed by atoms with Crippen LogP contribution in [0.5, 0.6) is 0 Å². The minimum absolute atomic E-state index is 0.0409. The fraction of sp³-hybridized carbons (Fsp3) is 0.0588. The Balaban J connectivity index is 2.14. The summed E-state index contributed by atoms with van der Waals surface area (Å²) in [6, 6.07) is 14.5. The highest BCUT2D eigenvalue weighted by atomic mass is 16.3. The molecule has 104 valence electrons. The molecule has 1 aromatic heterocycles. The summed E-state index contributed by atoms with van der Waals surface area (Å²) in [5, 5.41) is 11.8. The van der Waals surface area contributed by atoms with Gasteiger partial charge in [-0.2, -0.15) is 5.26 Å². The Morgan fingerprint density at radius 1 is 1.24 bits per heavy atom. The predicted molar refractivity (Wildman–Crippen MR) is 81.1 cm³/mol. The van der Waals surface area contributed by atoms with Crippen molar-refractivity contribution in [1.29, 1.82) is 5.26 Å². The van der Waals surface area contributed by atoms with Crippen LogP contribution < -0.4 is 5.32 Å². The highest BCUT2D eigenvalue weighted by molar-refractivity contribution is 6.06. The van der Waals surface area contributed by atoms with Crippen molar-refractivity contribution < 1.29 is 9.21 Å². The van der Waals surface area contributed by atoms with Gasteiger partial charge in [0.1, 0.15) is 17.4 Å². The summed E-state index contributed by atoms with van der Waals surface area (Å²) in [4.78, 5) is 12.0. The lowest BCUT2D eigenvalue weighted by Gasteiger charge is -2.03. The summed E-state index contributed by atoms with van der Waals surface area (Å²) in [6.07, 6.45) is 4.85. The monoisotopic (exact) mass is 278 g/mol. The van der Waals surface area contributed by atoms with Gasteiger partial charge < -0.3 is 9.73 Å². The number of nitrogens with one attached hydrogen (secondary N) is 1. The van der Waals surface area contributed by atoms with E-state index in [-0.39, 0.29) is 5.57 Å². The third-order valence-electron chi connectivity index (χ3n) is 2.68. The molecule has 1 aromatic carbocycles. The summed E-state index contributed by atoms with van der Waals surface area (Å²) in [7, 11) is 0. The Morgan fingerprint density at radius 2 is 2.00 bits per heavy atom. The van der Waals surface area contributed by atoms with E-state index in [1.807, 2.05) is 24.3 Å². The summed E-state index contributed by atoms with van der Waals surface area (Å²) in [6.45, 7) is 1.80. The Labute approximate surface area is 123 Å². The molecule has 21 heavy (non-hydrogen) atoms. The van der Waals surface area contributed by atoms with E-state index in [1.165, 1.54) is 6.08 Å². The number of benzene rings is 1. The molecule has 4 nitrogen and oxygen atoms in total. The molecule has 0 aliphatic heterocycles. The lowest BCUT2D eigenvalue weighted by molar-refractivity contribution is -0.112. The maximum Gasteiger partial charge on any atom is 0.266 e. The van der Waals surface area contributed by atoms with Crippen molar-refractivity contribution in [2.45, 2.75) is 6.92 Å². The number of carbonyl (C=O) groups excluding carboxylic acids is 1. The topological polar surface area (TPSA) is 66.0 Å². The van der Waals surface area contributed by atoms with Gasteiger partial charge in [0.25, 0.3) is 5.91 Å². The first-order chi connectivity index (χ1) is 10.2. The van der Waals surface area contributed by atoms with E-state index in [2.05, 4.69) is 5.32 Å². The van der Waals surface area contributed by atoms with E-state index in [1.54, 1.807) is 43.5 Å². The number of allylic oxidation sites excluding steroid dienone is 2. The molecule has 0 atom stereocenters. The van der Waals surface area contributed by atoms with Crippen molar-refractivity contribution in [1.82, 2.24) is 0 Å². The quantitative estimate of drug-likeness (QED) is 0.526. The van der Waals surface area contributed by atoms with Gasteiger partial charge in [0.15, 0.2) is 0 Å². The second kappa shape index (κ2) is 6.92. The molecule has 0 radical (unpaired) electrons. The second-order valence-corrected chi connectivity index (χ2v) is 4.39. The molecule has 0 spiro atoms. The molecule has 1 N–H and O–H groups in total. The molecule has 4 heteroatoms. The number of hydrogen-bond donors (Lipinski definition) is 1. The second-order valence-electron chi connectivity index (χ2n) is 4.39. The Morgan fingerprint density at radius 3 is 2.62 bits per heavy atom. The predicted octanol–water partition coefficient (Wildman–Crippen LogP) is 3.77. The van der Waals surface area contributed by atoms with Crippen LogP contribution in [0.25, 0.3) is 6.08 Å². The summed E-state index contributed by atoms with van der Waals surface area (Å²) < 4.78 is 5.19. The lowest BCUT2D eigenvalue weighted by Crippen LogP contribution is -2.13. The maximum atomic E-state index is 12.0. The van der Waals surface area contributed by atoms with Gasteiger partial charge >= 0.3 is 0 Å². The third kappa shape index (κ3) is 4.22. The van der Waals surface area contributed by atoms with Crippen LogP contribution in [0.3, 0.4) is 0 Å². The number of para-hydroxylation sites is 1. The van der Waals surface area contributed by atoms with Crippen molar-refractivity contribution in [3.05, 3.63) is 71.7 Å². The van der Waals surface area contributed by atoms with Gasteiger partial charge in [-0.25, -0.2) is 0 Å². The number of amides is 1. The average Bonchev–Trinajstić information content (AvgIpc) is 2.98. The number of furan rings is 1. The van der Waals surface area contributed by atoms with Crippen molar-refractivity contribution in [2.24, 2.45) is 0 Å². The molecular weight excluding hydrogens is 264 g/mol. The molecule has 1 amide bonds. The summed E-state index contributed by atoms with van der Waals surface area (Å²) in [5.74, 6) is 0.236. The molecule has 0 aliphatic rings. The van der Waals surface area contributed by atoms with Crippen LogP contribution >= 0.6 is 0 Å². The molecule has 0 saturated carbocycles. The smallest absolute Gasteiger partial charge is 0.266 e. The van der Waals surface area contributed by atoms with E-state index in [0.717, 1.165) is 5.57 Å². The third-order valence-corrected chi connectivity index (χ3v) is 2.68. The minimum atomic E-state index is -0.434. The molecule has 0 bridgehead atoms. The van der Waals surface area contributed by atoms with Gasteiger partial charge in [0.2, 0.25) is 0 Å². The van der Waals surface area contributed by atoms with Gasteiger partial charge in [0.05, 0.1) is 6.26 Å². The highest BCUT2D eigenvalue weighted by Gasteiger charge is 2.09. The molecule has 2 aromatic rings. The molecular formula is C17H14N2O2. The van der Waals surface area contributed by atoms with Crippen LogP contribution in [0.15, 0.2) is 70.4 Å². The van der Waals surface area contributed by atoms with Gasteiger partial charge in [-0.15, -0.1) is 0 Å². The molecule has 0 aliphatic carbocycles. The zero-order chi connectivity index (χ0) is 15.1. The molecule has 1 heterocycles. The fourth-order valence-corrected chi connectivity index (χ4v) is 1.74. The van der Waals surface area contributed by atoms with Crippen molar-refractivity contribution in [3.8, 4) is 6.07 Å². The fourth-order valence-electron chi connectivity index (χ4n) is 1.74. The number of hydrogen-bond acceptors (Lipinski definition) is 3. The van der Waals surface area contributed by atoms with E-state index in [0.29, 0.717) is 11.4 Å². The zero-order valence-corrected chi connectivity index (χ0v) is 11.5. The van der Waals surface area contributed by atoms with Crippen molar-refractivity contribution in [2.75, 3.05) is 5.32 Å². The molecule has 0 unspecified atom stereocenters. The Hall–Kier alpha value is -3.06. The van der Waals surface area contributed by atoms with Crippen molar-refractivity contribution in [3.63, 3.8) is 0 Å². The van der Waals surface area contributed by atoms with Crippen LogP contribution in [0.2, 0.25) is 0 Å². The molecule has 0 saturated heterocycles. The van der Waals surface area contributed by atoms with Crippen LogP contribution in [0.4, 0.5) is 5.69 Å². The van der Waals surface area contributed by atoms with E-state index < -0.39 is 5.91 Å². The van der Waals surface area contributed by atoms with Gasteiger partial charge in [0, 0.05) is 5.69 Å². The van der Waals surface area contributed by atoms with Crippen LogP contribution in [-0.4, -0.2) is 5.91 Å². The number of nitriles is 1. The molecule has 2 rings (SSSR count). The lowest BCUT2D eigenvalue weighted by atomic mass is 10.1. The zero-order valence-electron chi connectivity index (χ0n) is 11.5. The van der Waals surface area contributed by atoms with Gasteiger partial charge in [-0.05, 0) is 48.9 Å². The first-order valence-electron chi connectivity index (χ1n) is 6.39. The highest BCUT2D eigenvalue weighted by Crippen LogP contribution is 2.12. The number of carbonyl (C=O) groups is 1. The van der Waals surface area contributed by atoms with Crippen molar-refractivity contribution >= 4 is 17.7 Å². The Bertz CT molecular complexity index is 705. The first-order valence-corrected chi connectivity index (χ1v) is 6.39. The number of rotatable bonds is 4. The van der Waals surface area contributed by atoms with Gasteiger partial charge in [-0.1, -0.05) is 18.2 Å². The van der Waals surface area contributed by atoms with Crippen LogP contribution in [-0.2, 0) is 4.79 Å². The number of nitrogens with zero attached hydrogens (tertiary/aromatic N) is 1. The average molecular weight is 278 g/mol. The maximum absolute atomic E-state index is 12.0. The normalized spacial score (nSPS) is 11.8. The standard InChI is InChI=1S/C17H14N2O2/c1-13(11-16-8-5-9-21-16)10-14(12-18)17(20)19-15-6-3-2-4-7-15/h2-11H,1H3,(H,19,20)/b13-11+,14-10-. The van der Waals surface area contributed by atoms with Gasteiger partial charge in [-0.3, -0.25) is 4.79 Å². The van der Waals surface area contributed by atoms with Crippen LogP contribution in [0, 0.1) is 11.3 Å².